The van der Waals surface area contributed by atoms with Gasteiger partial charge in [0.15, 0.2) is 0 Å². The number of hydrogen-bond acceptors (Lipinski definition) is 4. The zero-order chi connectivity index (χ0) is 8.27. The molecule has 4 N–H and O–H groups in total. The van der Waals surface area contributed by atoms with E-state index in [2.05, 4.69) is 20.5 Å². The van der Waals surface area contributed by atoms with E-state index in [9.17, 15) is 0 Å². The van der Waals surface area contributed by atoms with Gasteiger partial charge < -0.3 is 11.1 Å². The van der Waals surface area contributed by atoms with Crippen LogP contribution in [0.1, 0.15) is 12.7 Å². The first-order valence-electron chi connectivity index (χ1n) is 3.57. The van der Waals surface area contributed by atoms with Gasteiger partial charge in [-0.05, 0) is 6.92 Å². The summed E-state index contributed by atoms with van der Waals surface area (Å²) < 4.78 is 0. The van der Waals surface area contributed by atoms with Gasteiger partial charge in [-0.1, -0.05) is 0 Å². The lowest BCUT2D eigenvalue weighted by atomic mass is 10.2. The van der Waals surface area contributed by atoms with Crippen molar-refractivity contribution in [3.63, 3.8) is 0 Å². The molecule has 0 aliphatic carbocycles. The molecule has 0 aromatic carbocycles. The molecular weight excluding hydrogens is 142 g/mol. The molecule has 11 heavy (non-hydrogen) atoms. The molecule has 1 rings (SSSR count). The van der Waals surface area contributed by atoms with Crippen molar-refractivity contribution in [3.05, 3.63) is 5.82 Å². The first kappa shape index (κ1) is 8.00. The van der Waals surface area contributed by atoms with Crippen LogP contribution in [0.5, 0.6) is 0 Å². The number of aromatic amines is 1. The Kier molecular flexibility index (Phi) is 2.43. The largest absolute Gasteiger partial charge is 0.356 e. The van der Waals surface area contributed by atoms with Gasteiger partial charge in [-0.25, -0.2) is 0 Å². The summed E-state index contributed by atoms with van der Waals surface area (Å²) in [5.74, 6) is 1.44. The molecule has 0 amide bonds. The van der Waals surface area contributed by atoms with Gasteiger partial charge in [0.2, 0.25) is 5.95 Å². The molecular formula is C6H13N5. The highest BCUT2D eigenvalue weighted by Crippen LogP contribution is 1.98. The Morgan fingerprint density at radius 1 is 1.73 bits per heavy atom. The average molecular weight is 155 g/mol. The fourth-order valence-electron chi connectivity index (χ4n) is 0.803. The summed E-state index contributed by atoms with van der Waals surface area (Å²) in [6.45, 7) is 1.93. The molecule has 0 aliphatic heterocycles. The molecule has 0 radical (unpaired) electrons. The molecule has 1 aromatic rings. The number of H-pyrrole nitrogens is 1. The van der Waals surface area contributed by atoms with E-state index >= 15 is 0 Å². The van der Waals surface area contributed by atoms with Crippen molar-refractivity contribution in [2.75, 3.05) is 12.4 Å². The van der Waals surface area contributed by atoms with Gasteiger partial charge in [0.25, 0.3) is 0 Å². The predicted molar refractivity (Wildman–Crippen MR) is 43.3 cm³/mol. The van der Waals surface area contributed by atoms with Crippen molar-refractivity contribution in [2.45, 2.75) is 19.4 Å². The van der Waals surface area contributed by atoms with Crippen LogP contribution in [0.25, 0.3) is 0 Å². The van der Waals surface area contributed by atoms with E-state index in [1.165, 1.54) is 0 Å². The third-order valence-corrected chi connectivity index (χ3v) is 1.27. The Morgan fingerprint density at radius 2 is 2.45 bits per heavy atom. The molecule has 62 valence electrons. The Hall–Kier alpha value is -1.10. The molecule has 1 aromatic heterocycles. The summed E-state index contributed by atoms with van der Waals surface area (Å²) in [7, 11) is 1.78. The average Bonchev–Trinajstić information content (AvgIpc) is 2.34. The highest BCUT2D eigenvalue weighted by Gasteiger charge is 2.02. The van der Waals surface area contributed by atoms with Crippen molar-refractivity contribution in [2.24, 2.45) is 5.73 Å². The van der Waals surface area contributed by atoms with Gasteiger partial charge in [0.1, 0.15) is 5.82 Å². The second-order valence-electron chi connectivity index (χ2n) is 2.54. The van der Waals surface area contributed by atoms with Crippen LogP contribution in [0, 0.1) is 0 Å². The minimum atomic E-state index is 0.118. The number of nitrogens with one attached hydrogen (secondary N) is 2. The molecule has 0 saturated heterocycles. The van der Waals surface area contributed by atoms with E-state index in [4.69, 9.17) is 5.73 Å². The van der Waals surface area contributed by atoms with E-state index in [-0.39, 0.29) is 6.04 Å². The minimum absolute atomic E-state index is 0.118. The van der Waals surface area contributed by atoms with Crippen LogP contribution in [-0.2, 0) is 6.42 Å². The highest BCUT2D eigenvalue weighted by atomic mass is 15.3. The summed E-state index contributed by atoms with van der Waals surface area (Å²) in [4.78, 5) is 4.11. The normalized spacial score (nSPS) is 13.0. The summed E-state index contributed by atoms with van der Waals surface area (Å²) >= 11 is 0. The second-order valence-corrected chi connectivity index (χ2v) is 2.54. The van der Waals surface area contributed by atoms with Crippen LogP contribution in [0.2, 0.25) is 0 Å². The fraction of sp³-hybridized carbons (Fsp3) is 0.667. The van der Waals surface area contributed by atoms with Crippen LogP contribution in [0.4, 0.5) is 5.95 Å². The van der Waals surface area contributed by atoms with E-state index in [0.29, 0.717) is 5.95 Å². The zero-order valence-corrected chi connectivity index (χ0v) is 6.76. The van der Waals surface area contributed by atoms with Gasteiger partial charge in [0.05, 0.1) is 0 Å². The maximum absolute atomic E-state index is 5.57. The monoisotopic (exact) mass is 155 g/mol. The zero-order valence-electron chi connectivity index (χ0n) is 6.76. The van der Waals surface area contributed by atoms with E-state index < -0.39 is 0 Å². The standard InChI is InChI=1S/C6H13N5/c1-4(7)3-5-9-6(8-2)11-10-5/h4H,3,7H2,1-2H3,(H2,8,9,10,11). The van der Waals surface area contributed by atoms with Gasteiger partial charge in [-0.3, -0.25) is 5.10 Å². The van der Waals surface area contributed by atoms with Crippen molar-refractivity contribution >= 4 is 5.95 Å². The second kappa shape index (κ2) is 3.34. The number of nitrogens with zero attached hydrogens (tertiary/aromatic N) is 2. The lowest BCUT2D eigenvalue weighted by molar-refractivity contribution is 0.705. The first-order valence-corrected chi connectivity index (χ1v) is 3.57. The Bertz CT molecular complexity index is 217. The van der Waals surface area contributed by atoms with Crippen LogP contribution in [0.3, 0.4) is 0 Å². The molecule has 1 heterocycles. The quantitative estimate of drug-likeness (QED) is 0.561. The summed E-state index contributed by atoms with van der Waals surface area (Å²) in [5, 5.41) is 9.50. The third-order valence-electron chi connectivity index (χ3n) is 1.27. The molecule has 0 fully saturated rings. The molecule has 1 atom stereocenters. The number of aromatic nitrogens is 3. The van der Waals surface area contributed by atoms with E-state index in [1.54, 1.807) is 7.05 Å². The molecule has 0 saturated carbocycles. The molecule has 5 heteroatoms. The van der Waals surface area contributed by atoms with Gasteiger partial charge in [-0.15, -0.1) is 5.10 Å². The third kappa shape index (κ3) is 2.19. The summed E-state index contributed by atoms with van der Waals surface area (Å²) in [6.07, 6.45) is 0.731. The number of rotatable bonds is 3. The Morgan fingerprint density at radius 3 is 2.91 bits per heavy atom. The van der Waals surface area contributed by atoms with Gasteiger partial charge in [-0.2, -0.15) is 4.98 Å². The first-order chi connectivity index (χ1) is 5.22. The van der Waals surface area contributed by atoms with E-state index in [1.807, 2.05) is 6.92 Å². The number of hydrogen-bond donors (Lipinski definition) is 3. The highest BCUT2D eigenvalue weighted by molar-refractivity contribution is 5.20. The van der Waals surface area contributed by atoms with Crippen LogP contribution >= 0.6 is 0 Å². The maximum Gasteiger partial charge on any atom is 0.241 e. The Labute approximate surface area is 65.4 Å². The van der Waals surface area contributed by atoms with E-state index in [0.717, 1.165) is 12.2 Å². The molecule has 5 nitrogen and oxygen atoms in total. The van der Waals surface area contributed by atoms with Gasteiger partial charge >= 0.3 is 0 Å². The maximum atomic E-state index is 5.57. The Balaban J connectivity index is 2.58. The van der Waals surface area contributed by atoms with Crippen LogP contribution < -0.4 is 11.1 Å². The summed E-state index contributed by atoms with van der Waals surface area (Å²) in [5.41, 5.74) is 5.57. The lowest BCUT2D eigenvalue weighted by Gasteiger charge is -1.98. The van der Waals surface area contributed by atoms with Crippen LogP contribution in [0.15, 0.2) is 0 Å². The molecule has 1 unspecified atom stereocenters. The summed E-state index contributed by atoms with van der Waals surface area (Å²) in [6, 6.07) is 0.118. The van der Waals surface area contributed by atoms with Crippen molar-refractivity contribution < 1.29 is 0 Å². The van der Waals surface area contributed by atoms with Crippen molar-refractivity contribution in [1.82, 2.24) is 15.2 Å². The number of nitrogens with two attached hydrogens (primary N) is 1. The fourth-order valence-corrected chi connectivity index (χ4v) is 0.803. The molecule has 0 bridgehead atoms. The van der Waals surface area contributed by atoms with Crippen LogP contribution in [-0.4, -0.2) is 28.3 Å². The molecule has 0 spiro atoms. The smallest absolute Gasteiger partial charge is 0.241 e. The topological polar surface area (TPSA) is 79.6 Å². The molecule has 0 aliphatic rings. The lowest BCUT2D eigenvalue weighted by Crippen LogP contribution is -2.18. The number of anilines is 1. The predicted octanol–water partition coefficient (Wildman–Crippen LogP) is -0.264. The SMILES string of the molecule is CNc1n[nH]c(CC(C)N)n1. The minimum Gasteiger partial charge on any atom is -0.356 e. The van der Waals surface area contributed by atoms with Gasteiger partial charge in [0, 0.05) is 19.5 Å². The van der Waals surface area contributed by atoms with Crippen molar-refractivity contribution in [3.8, 4) is 0 Å². The van der Waals surface area contributed by atoms with Crippen molar-refractivity contribution in [1.29, 1.82) is 0 Å².